The van der Waals surface area contributed by atoms with E-state index >= 15 is 0 Å². The molecule has 6 heteroatoms. The summed E-state index contributed by atoms with van der Waals surface area (Å²) >= 11 is 1.29. The predicted octanol–water partition coefficient (Wildman–Crippen LogP) is 1.11. The van der Waals surface area contributed by atoms with Crippen LogP contribution in [0.3, 0.4) is 0 Å². The number of hydrogen-bond donors (Lipinski definition) is 3. The van der Waals surface area contributed by atoms with Crippen molar-refractivity contribution >= 4 is 23.1 Å². The second-order valence-corrected chi connectivity index (χ2v) is 3.46. The molecule has 0 aliphatic rings. The summed E-state index contributed by atoms with van der Waals surface area (Å²) in [4.78, 5) is 0. The van der Waals surface area contributed by atoms with Crippen molar-refractivity contribution in [2.24, 2.45) is 15.9 Å². The van der Waals surface area contributed by atoms with Crippen molar-refractivity contribution in [3.8, 4) is 11.5 Å². The Hall–Kier alpha value is -1.69. The summed E-state index contributed by atoms with van der Waals surface area (Å²) in [6.07, 6.45) is 3.23. The highest BCUT2D eigenvalue weighted by atomic mass is 32.2. The smallest absolute Gasteiger partial charge is 0.180 e. The molecule has 0 radical (unpaired) electrons. The maximum absolute atomic E-state index is 9.18. The Morgan fingerprint density at radius 3 is 2.73 bits per heavy atom. The molecule has 15 heavy (non-hydrogen) atoms. The van der Waals surface area contributed by atoms with Crippen LogP contribution in [-0.2, 0) is 0 Å². The van der Waals surface area contributed by atoms with Crippen molar-refractivity contribution in [3.63, 3.8) is 0 Å². The standard InChI is InChI=1S/C9H11N3O2S/c1-15-9(10)12-11-5-6-2-3-7(13)8(14)4-6/h2-5,13-14H,1H3,(H2,10,12)/b11-5-. The van der Waals surface area contributed by atoms with Gasteiger partial charge in [0, 0.05) is 0 Å². The maximum Gasteiger partial charge on any atom is 0.180 e. The molecule has 0 saturated carbocycles. The number of hydrogen-bond acceptors (Lipinski definition) is 5. The first-order valence-electron chi connectivity index (χ1n) is 4.06. The fraction of sp³-hybridized carbons (Fsp3) is 0.111. The molecule has 0 aliphatic carbocycles. The second kappa shape index (κ2) is 5.26. The highest BCUT2D eigenvalue weighted by molar-refractivity contribution is 8.13. The van der Waals surface area contributed by atoms with Crippen molar-refractivity contribution in [3.05, 3.63) is 23.8 Å². The molecule has 0 aromatic heterocycles. The number of benzene rings is 1. The number of rotatable bonds is 2. The Kier molecular flexibility index (Phi) is 3.99. The molecule has 0 aliphatic heterocycles. The molecule has 0 unspecified atom stereocenters. The topological polar surface area (TPSA) is 91.2 Å². The highest BCUT2D eigenvalue weighted by Crippen LogP contribution is 2.23. The van der Waals surface area contributed by atoms with Gasteiger partial charge < -0.3 is 15.9 Å². The molecule has 5 nitrogen and oxygen atoms in total. The average molecular weight is 225 g/mol. The number of amidine groups is 1. The van der Waals surface area contributed by atoms with Gasteiger partial charge in [-0.25, -0.2) is 0 Å². The van der Waals surface area contributed by atoms with Crippen LogP contribution < -0.4 is 5.73 Å². The Morgan fingerprint density at radius 1 is 1.40 bits per heavy atom. The van der Waals surface area contributed by atoms with Crippen molar-refractivity contribution in [2.45, 2.75) is 0 Å². The van der Waals surface area contributed by atoms with Crippen LogP contribution in [0.2, 0.25) is 0 Å². The van der Waals surface area contributed by atoms with Gasteiger partial charge in [0.05, 0.1) is 6.21 Å². The first kappa shape index (κ1) is 11.4. The first-order chi connectivity index (χ1) is 7.13. The van der Waals surface area contributed by atoms with E-state index in [1.807, 2.05) is 0 Å². The lowest BCUT2D eigenvalue weighted by molar-refractivity contribution is 0.403. The van der Waals surface area contributed by atoms with Crippen LogP contribution in [0.5, 0.6) is 11.5 Å². The van der Waals surface area contributed by atoms with Gasteiger partial charge in [0.25, 0.3) is 0 Å². The average Bonchev–Trinajstić information content (AvgIpc) is 2.23. The summed E-state index contributed by atoms with van der Waals surface area (Å²) < 4.78 is 0. The molecule has 1 rings (SSSR count). The van der Waals surface area contributed by atoms with Crippen LogP contribution in [0.15, 0.2) is 28.4 Å². The minimum Gasteiger partial charge on any atom is -0.504 e. The van der Waals surface area contributed by atoms with Crippen molar-refractivity contribution in [1.82, 2.24) is 0 Å². The molecule has 1 aromatic rings. The Labute approximate surface area is 91.3 Å². The van der Waals surface area contributed by atoms with E-state index in [0.29, 0.717) is 10.7 Å². The molecule has 80 valence electrons. The summed E-state index contributed by atoms with van der Waals surface area (Å²) in [5.41, 5.74) is 6.03. The van der Waals surface area contributed by atoms with E-state index in [2.05, 4.69) is 10.2 Å². The monoisotopic (exact) mass is 225 g/mol. The zero-order valence-corrected chi connectivity index (χ0v) is 8.90. The molecule has 0 fully saturated rings. The molecular formula is C9H11N3O2S. The number of aromatic hydroxyl groups is 2. The summed E-state index contributed by atoms with van der Waals surface area (Å²) in [6, 6.07) is 4.35. The van der Waals surface area contributed by atoms with Gasteiger partial charge in [-0.15, -0.1) is 5.10 Å². The third-order valence-electron chi connectivity index (χ3n) is 1.57. The van der Waals surface area contributed by atoms with Gasteiger partial charge in [0.15, 0.2) is 16.7 Å². The van der Waals surface area contributed by atoms with Gasteiger partial charge in [-0.05, 0) is 30.0 Å². The van der Waals surface area contributed by atoms with Crippen molar-refractivity contribution < 1.29 is 10.2 Å². The summed E-state index contributed by atoms with van der Waals surface area (Å²) in [5.74, 6) is -0.361. The molecule has 4 N–H and O–H groups in total. The van der Waals surface area contributed by atoms with Gasteiger partial charge in [-0.1, -0.05) is 11.8 Å². The van der Waals surface area contributed by atoms with Crippen LogP contribution in [0.1, 0.15) is 5.56 Å². The van der Waals surface area contributed by atoms with E-state index in [0.717, 1.165) is 0 Å². The van der Waals surface area contributed by atoms with E-state index in [4.69, 9.17) is 10.8 Å². The quantitative estimate of drug-likeness (QED) is 0.304. The van der Waals surface area contributed by atoms with E-state index in [9.17, 15) is 5.11 Å². The Bertz CT molecular complexity index is 404. The molecule has 0 atom stereocenters. The zero-order chi connectivity index (χ0) is 11.3. The van der Waals surface area contributed by atoms with Gasteiger partial charge in [0.2, 0.25) is 0 Å². The van der Waals surface area contributed by atoms with Crippen LogP contribution in [-0.4, -0.2) is 27.9 Å². The third kappa shape index (κ3) is 3.51. The highest BCUT2D eigenvalue weighted by Gasteiger charge is 1.97. The first-order valence-corrected chi connectivity index (χ1v) is 5.28. The third-order valence-corrected chi connectivity index (χ3v) is 2.07. The van der Waals surface area contributed by atoms with Crippen LogP contribution in [0.25, 0.3) is 0 Å². The van der Waals surface area contributed by atoms with E-state index in [1.54, 1.807) is 12.3 Å². The van der Waals surface area contributed by atoms with Gasteiger partial charge in [-0.2, -0.15) is 5.10 Å². The number of nitrogens with zero attached hydrogens (tertiary/aromatic N) is 2. The van der Waals surface area contributed by atoms with E-state index in [-0.39, 0.29) is 11.5 Å². The number of thioether (sulfide) groups is 1. The molecular weight excluding hydrogens is 214 g/mol. The number of nitrogens with two attached hydrogens (primary N) is 1. The minimum atomic E-state index is -0.194. The van der Waals surface area contributed by atoms with Crippen LogP contribution in [0.4, 0.5) is 0 Å². The van der Waals surface area contributed by atoms with Crippen LogP contribution >= 0.6 is 11.8 Å². The van der Waals surface area contributed by atoms with E-state index in [1.165, 1.54) is 30.1 Å². The maximum atomic E-state index is 9.18. The largest absolute Gasteiger partial charge is 0.504 e. The lowest BCUT2D eigenvalue weighted by atomic mass is 10.2. The fourth-order valence-electron chi connectivity index (χ4n) is 0.814. The summed E-state index contributed by atoms with van der Waals surface area (Å²) in [6.45, 7) is 0. The lowest BCUT2D eigenvalue weighted by Gasteiger charge is -1.97. The van der Waals surface area contributed by atoms with Crippen molar-refractivity contribution in [2.75, 3.05) is 6.26 Å². The zero-order valence-electron chi connectivity index (χ0n) is 8.08. The van der Waals surface area contributed by atoms with Gasteiger partial charge in [-0.3, -0.25) is 0 Å². The predicted molar refractivity (Wildman–Crippen MR) is 62.5 cm³/mol. The van der Waals surface area contributed by atoms with Crippen LogP contribution in [0, 0.1) is 0 Å². The van der Waals surface area contributed by atoms with Gasteiger partial charge in [0.1, 0.15) is 0 Å². The molecule has 1 aromatic carbocycles. The summed E-state index contributed by atoms with van der Waals surface area (Å²) in [5, 5.41) is 26.0. The minimum absolute atomic E-state index is 0.167. The Morgan fingerprint density at radius 2 is 2.13 bits per heavy atom. The van der Waals surface area contributed by atoms with E-state index < -0.39 is 0 Å². The lowest BCUT2D eigenvalue weighted by Crippen LogP contribution is -2.03. The Balaban J connectivity index is 2.77. The molecule has 0 amide bonds. The number of phenols is 2. The SMILES string of the molecule is CS/C(N)=N/N=C\c1ccc(O)c(O)c1. The number of phenolic OH excluding ortho intramolecular Hbond substituents is 2. The summed E-state index contributed by atoms with van der Waals surface area (Å²) in [7, 11) is 0. The normalized spacial score (nSPS) is 12.2. The molecule has 0 heterocycles. The van der Waals surface area contributed by atoms with Gasteiger partial charge >= 0.3 is 0 Å². The molecule has 0 saturated heterocycles. The molecule has 0 spiro atoms. The second-order valence-electron chi connectivity index (χ2n) is 2.64. The molecule has 0 bridgehead atoms. The fourth-order valence-corrected chi connectivity index (χ4v) is 0.943. The van der Waals surface area contributed by atoms with Crippen molar-refractivity contribution in [1.29, 1.82) is 0 Å².